The Bertz CT molecular complexity index is 835. The third-order valence-electron chi connectivity index (χ3n) is 7.72. The van der Waals surface area contributed by atoms with E-state index in [-0.39, 0.29) is 17.1 Å². The van der Waals surface area contributed by atoms with Crippen molar-refractivity contribution in [1.29, 1.82) is 0 Å². The van der Waals surface area contributed by atoms with Gasteiger partial charge in [-0.3, -0.25) is 4.90 Å². The Morgan fingerprint density at radius 1 is 1.10 bits per heavy atom. The van der Waals surface area contributed by atoms with E-state index in [1.807, 2.05) is 4.90 Å². The number of carbonyl (C=O) groups is 1. The molecular weight excluding hydrogens is 398 g/mol. The average molecular weight is 434 g/mol. The first-order valence-corrected chi connectivity index (χ1v) is 12.5. The van der Waals surface area contributed by atoms with E-state index < -0.39 is 16.0 Å². The second kappa shape index (κ2) is 8.15. The van der Waals surface area contributed by atoms with Crippen molar-refractivity contribution in [2.75, 3.05) is 33.7 Å². The van der Waals surface area contributed by atoms with E-state index in [1.165, 1.54) is 18.4 Å². The van der Waals surface area contributed by atoms with Gasteiger partial charge in [0.2, 0.25) is 0 Å². The lowest BCUT2D eigenvalue weighted by Crippen LogP contribution is -2.55. The normalized spacial score (nSPS) is 30.6. The Balaban J connectivity index is 1.58. The molecule has 6 nitrogen and oxygen atoms in total. The molecule has 0 bridgehead atoms. The molecule has 1 unspecified atom stereocenters. The van der Waals surface area contributed by atoms with E-state index >= 15 is 0 Å². The number of hydrogen-bond acceptors (Lipinski definition) is 4. The molecule has 1 spiro atoms. The Morgan fingerprint density at radius 3 is 2.27 bits per heavy atom. The smallest absolute Gasteiger partial charge is 0.320 e. The summed E-state index contributed by atoms with van der Waals surface area (Å²) in [6.45, 7) is 3.48. The number of benzene rings is 1. The molecule has 1 aromatic rings. The fourth-order valence-electron chi connectivity index (χ4n) is 5.54. The topological polar surface area (TPSA) is 60.9 Å². The fraction of sp³-hybridized carbons (Fsp3) is 0.696. The van der Waals surface area contributed by atoms with Gasteiger partial charge in [-0.05, 0) is 71.0 Å². The first-order valence-electron chi connectivity index (χ1n) is 11.2. The zero-order valence-corrected chi connectivity index (χ0v) is 19.3. The summed E-state index contributed by atoms with van der Waals surface area (Å²) in [5.41, 5.74) is 1.17. The van der Waals surface area contributed by atoms with Gasteiger partial charge < -0.3 is 9.80 Å². The molecule has 2 aliphatic carbocycles. The molecule has 7 heteroatoms. The average Bonchev–Trinajstić information content (AvgIpc) is 3.52. The molecule has 166 valence electrons. The van der Waals surface area contributed by atoms with Gasteiger partial charge in [-0.15, -0.1) is 0 Å². The molecule has 2 saturated carbocycles. The zero-order valence-electron chi connectivity index (χ0n) is 18.4. The molecule has 1 atom stereocenters. The Kier molecular flexibility index (Phi) is 5.88. The van der Waals surface area contributed by atoms with Crippen molar-refractivity contribution >= 4 is 16.7 Å². The molecule has 1 aromatic carbocycles. The molecule has 0 aromatic heterocycles. The second-order valence-electron chi connectivity index (χ2n) is 9.87. The minimum absolute atomic E-state index is 0.0140. The number of carbonyl (C=O) groups excluding carboxylic acids is 1. The molecule has 30 heavy (non-hydrogen) atoms. The van der Waals surface area contributed by atoms with Crippen molar-refractivity contribution in [3.05, 3.63) is 35.9 Å². The van der Waals surface area contributed by atoms with Crippen molar-refractivity contribution in [2.45, 2.75) is 61.8 Å². The molecule has 1 aliphatic heterocycles. The minimum Gasteiger partial charge on any atom is -0.321 e. The van der Waals surface area contributed by atoms with Crippen LogP contribution in [-0.2, 0) is 16.2 Å². The summed E-state index contributed by atoms with van der Waals surface area (Å²) in [6.07, 6.45) is 6.30. The third-order valence-corrected chi connectivity index (χ3v) is 8.60. The number of amides is 2. The quantitative estimate of drug-likeness (QED) is 0.672. The number of urea groups is 1. The van der Waals surface area contributed by atoms with Gasteiger partial charge in [0.1, 0.15) is 10.7 Å². The predicted molar refractivity (Wildman–Crippen MR) is 119 cm³/mol. The van der Waals surface area contributed by atoms with E-state index in [1.54, 1.807) is 6.92 Å². The van der Waals surface area contributed by atoms with E-state index in [0.717, 1.165) is 32.2 Å². The Morgan fingerprint density at radius 2 is 1.73 bits per heavy atom. The van der Waals surface area contributed by atoms with E-state index in [0.29, 0.717) is 19.0 Å². The van der Waals surface area contributed by atoms with Crippen LogP contribution in [0.2, 0.25) is 0 Å². The van der Waals surface area contributed by atoms with Crippen LogP contribution in [0.1, 0.15) is 51.0 Å². The first-order chi connectivity index (χ1) is 14.3. The second-order valence-corrected chi connectivity index (χ2v) is 11.3. The molecule has 4 rings (SSSR count). The van der Waals surface area contributed by atoms with Crippen LogP contribution in [0.3, 0.4) is 0 Å². The van der Waals surface area contributed by atoms with Crippen LogP contribution >= 0.6 is 0 Å². The minimum atomic E-state index is -2.52. The van der Waals surface area contributed by atoms with Gasteiger partial charge in [0.05, 0.1) is 10.8 Å². The summed E-state index contributed by atoms with van der Waals surface area (Å²) in [7, 11) is 1.80. The number of nitrogens with zero attached hydrogens (tertiary/aromatic N) is 3. The highest BCUT2D eigenvalue weighted by Crippen LogP contribution is 2.49. The Hall–Kier alpha value is -1.60. The summed E-state index contributed by atoms with van der Waals surface area (Å²) in [5, 5.41) is -0.504. The van der Waals surface area contributed by atoms with E-state index in [2.05, 4.69) is 54.2 Å². The maximum absolute atomic E-state index is 13.3. The molecular formula is C23H35N3O3S. The monoisotopic (exact) mass is 433 g/mol. The zero-order chi connectivity index (χ0) is 21.5. The van der Waals surface area contributed by atoms with Gasteiger partial charge >= 0.3 is 6.03 Å². The molecule has 1 saturated heterocycles. The van der Waals surface area contributed by atoms with E-state index in [9.17, 15) is 13.2 Å². The SMILES string of the molecule is CC(CN1CC2(CCC(c3ccccc3)(N(C)C)CC2)N(CC2CC2)C1=O)[SH](=O)=O. The molecule has 2 amide bonds. The van der Waals surface area contributed by atoms with Crippen LogP contribution in [0.15, 0.2) is 30.3 Å². The lowest BCUT2D eigenvalue weighted by molar-refractivity contribution is 0.0233. The predicted octanol–water partition coefficient (Wildman–Crippen LogP) is 2.90. The Labute approximate surface area is 182 Å². The number of hydrogen-bond donors (Lipinski definition) is 1. The number of thiol groups is 1. The summed E-state index contributed by atoms with van der Waals surface area (Å²) >= 11 is 0. The van der Waals surface area contributed by atoms with Crippen molar-refractivity contribution in [3.8, 4) is 0 Å². The summed E-state index contributed by atoms with van der Waals surface area (Å²) < 4.78 is 22.9. The largest absolute Gasteiger partial charge is 0.321 e. The highest BCUT2D eigenvalue weighted by Gasteiger charge is 2.55. The molecule has 1 heterocycles. The van der Waals surface area contributed by atoms with E-state index in [4.69, 9.17) is 0 Å². The van der Waals surface area contributed by atoms with Crippen LogP contribution in [-0.4, -0.2) is 73.7 Å². The van der Waals surface area contributed by atoms with Gasteiger partial charge in [-0.2, -0.15) is 0 Å². The van der Waals surface area contributed by atoms with Crippen molar-refractivity contribution < 1.29 is 13.2 Å². The lowest BCUT2D eigenvalue weighted by atomic mass is 9.68. The fourth-order valence-corrected chi connectivity index (χ4v) is 5.87. The van der Waals surface area contributed by atoms with Crippen LogP contribution in [0.25, 0.3) is 0 Å². The van der Waals surface area contributed by atoms with Crippen molar-refractivity contribution in [1.82, 2.24) is 14.7 Å². The van der Waals surface area contributed by atoms with Crippen LogP contribution in [0.5, 0.6) is 0 Å². The summed E-state index contributed by atoms with van der Waals surface area (Å²) in [6, 6.07) is 10.8. The van der Waals surface area contributed by atoms with Crippen LogP contribution in [0, 0.1) is 5.92 Å². The summed E-state index contributed by atoms with van der Waals surface area (Å²) in [4.78, 5) is 19.6. The van der Waals surface area contributed by atoms with Crippen molar-refractivity contribution in [3.63, 3.8) is 0 Å². The molecule has 0 N–H and O–H groups in total. The standard InChI is InChI=1S/C23H35N3O3S/c1-18(30(28)29)15-25-17-22(26(21(25)27)16-19-9-10-19)11-13-23(14-12-22,24(2)3)20-7-5-4-6-8-20/h4-8,18-19,30H,9-17H2,1-3H3. The summed E-state index contributed by atoms with van der Waals surface area (Å²) in [5.74, 6) is 0.619. The first kappa shape index (κ1) is 21.6. The highest BCUT2D eigenvalue weighted by atomic mass is 32.2. The maximum Gasteiger partial charge on any atom is 0.320 e. The van der Waals surface area contributed by atoms with Gasteiger partial charge in [0.25, 0.3) is 0 Å². The van der Waals surface area contributed by atoms with Crippen LogP contribution in [0.4, 0.5) is 4.79 Å². The van der Waals surface area contributed by atoms with Gasteiger partial charge in [0.15, 0.2) is 0 Å². The lowest BCUT2D eigenvalue weighted by Gasteiger charge is -2.51. The molecule has 0 radical (unpaired) electrons. The highest BCUT2D eigenvalue weighted by molar-refractivity contribution is 7.73. The maximum atomic E-state index is 13.3. The molecule has 3 aliphatic rings. The third kappa shape index (κ3) is 3.86. The van der Waals surface area contributed by atoms with Gasteiger partial charge in [0, 0.05) is 25.2 Å². The number of rotatable bonds is 7. The van der Waals surface area contributed by atoms with Gasteiger partial charge in [-0.1, -0.05) is 30.3 Å². The van der Waals surface area contributed by atoms with Gasteiger partial charge in [-0.25, -0.2) is 13.2 Å². The molecule has 3 fully saturated rings. The van der Waals surface area contributed by atoms with Crippen molar-refractivity contribution in [2.24, 2.45) is 5.92 Å². The van der Waals surface area contributed by atoms with Crippen LogP contribution < -0.4 is 0 Å².